The normalized spacial score (nSPS) is 10.5. The SMILES string of the molecule is COC(=O)c1c(NC(=O)Cc2ccccc2)sc(C(=O)Nc2cccc(Cl)c2Cl)c1C. The molecule has 3 aromatic rings. The molecule has 0 saturated heterocycles. The van der Waals surface area contributed by atoms with Crippen LogP contribution in [0.5, 0.6) is 0 Å². The van der Waals surface area contributed by atoms with Crippen LogP contribution in [0, 0.1) is 6.92 Å². The van der Waals surface area contributed by atoms with Crippen molar-refractivity contribution in [1.29, 1.82) is 0 Å². The summed E-state index contributed by atoms with van der Waals surface area (Å²) in [6.45, 7) is 1.62. The van der Waals surface area contributed by atoms with E-state index in [1.807, 2.05) is 30.3 Å². The first-order valence-corrected chi connectivity index (χ1v) is 10.7. The van der Waals surface area contributed by atoms with E-state index in [1.165, 1.54) is 7.11 Å². The zero-order valence-electron chi connectivity index (χ0n) is 16.6. The van der Waals surface area contributed by atoms with Crippen molar-refractivity contribution in [3.63, 3.8) is 0 Å². The molecular weight excluding hydrogens is 459 g/mol. The molecule has 0 aliphatic heterocycles. The summed E-state index contributed by atoms with van der Waals surface area (Å²) in [6, 6.07) is 14.0. The molecule has 31 heavy (non-hydrogen) atoms. The highest BCUT2D eigenvalue weighted by Crippen LogP contribution is 2.35. The maximum absolute atomic E-state index is 12.9. The Labute approximate surface area is 193 Å². The number of methoxy groups -OCH3 is 1. The molecule has 0 saturated carbocycles. The lowest BCUT2D eigenvalue weighted by atomic mass is 10.1. The van der Waals surface area contributed by atoms with Crippen LogP contribution in [0.3, 0.4) is 0 Å². The van der Waals surface area contributed by atoms with Gasteiger partial charge in [0, 0.05) is 0 Å². The molecule has 2 amide bonds. The lowest BCUT2D eigenvalue weighted by Gasteiger charge is -2.07. The van der Waals surface area contributed by atoms with E-state index in [0.717, 1.165) is 16.9 Å². The van der Waals surface area contributed by atoms with E-state index in [1.54, 1.807) is 25.1 Å². The molecule has 0 atom stereocenters. The molecule has 0 aliphatic rings. The maximum atomic E-state index is 12.9. The van der Waals surface area contributed by atoms with Crippen molar-refractivity contribution in [1.82, 2.24) is 0 Å². The summed E-state index contributed by atoms with van der Waals surface area (Å²) in [5, 5.41) is 6.16. The van der Waals surface area contributed by atoms with Crippen molar-refractivity contribution in [3.05, 3.63) is 80.1 Å². The maximum Gasteiger partial charge on any atom is 0.341 e. The van der Waals surface area contributed by atoms with E-state index in [2.05, 4.69) is 10.6 Å². The number of halogens is 2. The number of ether oxygens (including phenoxy) is 1. The third kappa shape index (κ3) is 5.25. The van der Waals surface area contributed by atoms with Gasteiger partial charge in [-0.2, -0.15) is 0 Å². The molecule has 0 unspecified atom stereocenters. The van der Waals surface area contributed by atoms with Crippen LogP contribution in [-0.2, 0) is 16.0 Å². The van der Waals surface area contributed by atoms with Crippen molar-refractivity contribution in [2.75, 3.05) is 17.7 Å². The summed E-state index contributed by atoms with van der Waals surface area (Å²) in [6.07, 6.45) is 0.123. The van der Waals surface area contributed by atoms with Gasteiger partial charge in [-0.15, -0.1) is 11.3 Å². The molecule has 6 nitrogen and oxygen atoms in total. The molecular formula is C22H18Cl2N2O4S. The highest BCUT2D eigenvalue weighted by atomic mass is 35.5. The van der Waals surface area contributed by atoms with Gasteiger partial charge in [0.1, 0.15) is 5.00 Å². The van der Waals surface area contributed by atoms with Gasteiger partial charge >= 0.3 is 5.97 Å². The van der Waals surface area contributed by atoms with E-state index < -0.39 is 11.9 Å². The predicted molar refractivity (Wildman–Crippen MR) is 124 cm³/mol. The third-order valence-corrected chi connectivity index (χ3v) is 6.43. The molecule has 160 valence electrons. The number of carbonyl (C=O) groups is 3. The number of benzene rings is 2. The Kier molecular flexibility index (Phi) is 7.33. The van der Waals surface area contributed by atoms with Gasteiger partial charge in [-0.05, 0) is 30.2 Å². The Morgan fingerprint density at radius 2 is 1.71 bits per heavy atom. The summed E-state index contributed by atoms with van der Waals surface area (Å²) < 4.78 is 4.85. The average molecular weight is 477 g/mol. The fourth-order valence-corrected chi connectivity index (χ4v) is 4.35. The predicted octanol–water partition coefficient (Wildman–Crippen LogP) is 5.58. The molecule has 2 N–H and O–H groups in total. The van der Waals surface area contributed by atoms with Gasteiger partial charge in [0.15, 0.2) is 0 Å². The van der Waals surface area contributed by atoms with Crippen molar-refractivity contribution < 1.29 is 19.1 Å². The number of hydrogen-bond donors (Lipinski definition) is 2. The fourth-order valence-electron chi connectivity index (χ4n) is 2.90. The van der Waals surface area contributed by atoms with E-state index in [4.69, 9.17) is 27.9 Å². The number of carbonyl (C=O) groups excluding carboxylic acids is 3. The van der Waals surface area contributed by atoms with Gasteiger partial charge in [-0.25, -0.2) is 4.79 Å². The lowest BCUT2D eigenvalue weighted by Crippen LogP contribution is -2.16. The molecule has 1 aromatic heterocycles. The number of nitrogens with one attached hydrogen (secondary N) is 2. The zero-order chi connectivity index (χ0) is 22.5. The Morgan fingerprint density at radius 1 is 1.00 bits per heavy atom. The minimum absolute atomic E-state index is 0.123. The largest absolute Gasteiger partial charge is 0.465 e. The number of thiophene rings is 1. The van der Waals surface area contributed by atoms with Crippen molar-refractivity contribution >= 4 is 63.0 Å². The van der Waals surface area contributed by atoms with E-state index in [-0.39, 0.29) is 32.8 Å². The summed E-state index contributed by atoms with van der Waals surface area (Å²) in [5.41, 5.74) is 1.68. The van der Waals surface area contributed by atoms with Gasteiger partial charge in [0.05, 0.1) is 39.7 Å². The summed E-state index contributed by atoms with van der Waals surface area (Å²) in [4.78, 5) is 38.0. The standard InChI is InChI=1S/C22H18Cl2N2O4S/c1-12-17(22(29)30-2)21(26-16(27)11-13-7-4-3-5-8-13)31-19(12)20(28)25-15-10-6-9-14(23)18(15)24/h3-10H,11H2,1-2H3,(H,25,28)(H,26,27). The molecule has 9 heteroatoms. The highest BCUT2D eigenvalue weighted by molar-refractivity contribution is 7.19. The van der Waals surface area contributed by atoms with Gasteiger partial charge in [0.25, 0.3) is 5.91 Å². The van der Waals surface area contributed by atoms with E-state index in [0.29, 0.717) is 16.3 Å². The second-order valence-corrected chi connectivity index (χ2v) is 8.32. The van der Waals surface area contributed by atoms with Crippen LogP contribution >= 0.6 is 34.5 Å². The Bertz CT molecular complexity index is 1150. The Hall–Kier alpha value is -2.87. The minimum Gasteiger partial charge on any atom is -0.465 e. The topological polar surface area (TPSA) is 84.5 Å². The first-order valence-electron chi connectivity index (χ1n) is 9.12. The first-order chi connectivity index (χ1) is 14.8. The van der Waals surface area contributed by atoms with Crippen molar-refractivity contribution in [3.8, 4) is 0 Å². The molecule has 0 spiro atoms. The summed E-state index contributed by atoms with van der Waals surface area (Å²) in [7, 11) is 1.24. The summed E-state index contributed by atoms with van der Waals surface area (Å²) >= 11 is 13.1. The van der Waals surface area contributed by atoms with Crippen LogP contribution < -0.4 is 10.6 Å². The van der Waals surface area contributed by atoms with Crippen molar-refractivity contribution in [2.45, 2.75) is 13.3 Å². The van der Waals surface area contributed by atoms with E-state index >= 15 is 0 Å². The quantitative estimate of drug-likeness (QED) is 0.454. The molecule has 0 fully saturated rings. The zero-order valence-corrected chi connectivity index (χ0v) is 19.0. The van der Waals surface area contributed by atoms with Gasteiger partial charge in [-0.3, -0.25) is 9.59 Å². The third-order valence-electron chi connectivity index (χ3n) is 4.40. The van der Waals surface area contributed by atoms with Crippen LogP contribution in [0.2, 0.25) is 10.0 Å². The minimum atomic E-state index is -0.649. The molecule has 3 rings (SSSR count). The first kappa shape index (κ1) is 22.8. The Balaban J connectivity index is 1.89. The van der Waals surface area contributed by atoms with Gasteiger partial charge in [-0.1, -0.05) is 59.6 Å². The Morgan fingerprint density at radius 3 is 2.39 bits per heavy atom. The number of hydrogen-bond acceptors (Lipinski definition) is 5. The van der Waals surface area contributed by atoms with E-state index in [9.17, 15) is 14.4 Å². The highest BCUT2D eigenvalue weighted by Gasteiger charge is 2.26. The fraction of sp³-hybridized carbons (Fsp3) is 0.136. The number of amides is 2. The van der Waals surface area contributed by atoms with Crippen molar-refractivity contribution in [2.24, 2.45) is 0 Å². The second-order valence-electron chi connectivity index (χ2n) is 6.52. The van der Waals surface area contributed by atoms with Gasteiger partial charge in [0.2, 0.25) is 5.91 Å². The molecule has 1 heterocycles. The van der Waals surface area contributed by atoms with Crippen LogP contribution in [0.25, 0.3) is 0 Å². The molecule has 0 radical (unpaired) electrons. The number of esters is 1. The van der Waals surface area contributed by atoms with Crippen LogP contribution in [0.15, 0.2) is 48.5 Å². The monoisotopic (exact) mass is 476 g/mol. The molecule has 0 bridgehead atoms. The summed E-state index contributed by atoms with van der Waals surface area (Å²) in [5.74, 6) is -1.45. The van der Waals surface area contributed by atoms with Crippen LogP contribution in [-0.4, -0.2) is 24.9 Å². The molecule has 0 aliphatic carbocycles. The van der Waals surface area contributed by atoms with Crippen LogP contribution in [0.1, 0.15) is 31.2 Å². The lowest BCUT2D eigenvalue weighted by molar-refractivity contribution is -0.115. The second kappa shape index (κ2) is 9.96. The molecule has 2 aromatic carbocycles. The van der Waals surface area contributed by atoms with Crippen LogP contribution in [0.4, 0.5) is 10.7 Å². The number of anilines is 2. The average Bonchev–Trinajstić information content (AvgIpc) is 3.07. The smallest absolute Gasteiger partial charge is 0.341 e. The van der Waals surface area contributed by atoms with Gasteiger partial charge < -0.3 is 15.4 Å². The number of rotatable bonds is 6.